The molecule has 2 aromatic heterocycles. The van der Waals surface area contributed by atoms with Gasteiger partial charge in [0.15, 0.2) is 0 Å². The number of hydrogen-bond donors (Lipinski definition) is 0. The van der Waals surface area contributed by atoms with E-state index in [9.17, 15) is 20.2 Å². The number of halogens is 1. The molecule has 0 unspecified atom stereocenters. The van der Waals surface area contributed by atoms with Gasteiger partial charge in [-0.3, -0.25) is 20.2 Å². The number of nitro groups is 2. The summed E-state index contributed by atoms with van der Waals surface area (Å²) in [6.07, 6.45) is 1.11. The van der Waals surface area contributed by atoms with Crippen LogP contribution in [0.2, 0.25) is 0 Å². The van der Waals surface area contributed by atoms with E-state index in [0.717, 1.165) is 20.9 Å². The molecule has 156 valence electrons. The summed E-state index contributed by atoms with van der Waals surface area (Å²) in [6.45, 7) is 0. The molecule has 2 heterocycles. The maximum absolute atomic E-state index is 11.2. The van der Waals surface area contributed by atoms with Crippen LogP contribution in [0.1, 0.15) is 20.9 Å². The van der Waals surface area contributed by atoms with Crippen molar-refractivity contribution >= 4 is 34.0 Å². The lowest BCUT2D eigenvalue weighted by Gasteiger charge is -2.00. The Morgan fingerprint density at radius 3 is 1.48 bits per heavy atom. The fraction of sp³-hybridized carbons (Fsp3) is 0.0909. The summed E-state index contributed by atoms with van der Waals surface area (Å²) < 4.78 is 2.60. The zero-order valence-electron chi connectivity index (χ0n) is 16.1. The molecule has 0 saturated carbocycles. The third-order valence-corrected chi connectivity index (χ3v) is 10.4. The summed E-state index contributed by atoms with van der Waals surface area (Å²) in [6, 6.07) is 22.1. The maximum atomic E-state index is 11.2. The molecule has 0 aliphatic carbocycles. The van der Waals surface area contributed by atoms with Crippen LogP contribution in [0.4, 0.5) is 11.4 Å². The zero-order chi connectivity index (χ0) is 21.8. The summed E-state index contributed by atoms with van der Waals surface area (Å²) in [4.78, 5) is 24.0. The molecule has 4 aromatic rings. The summed E-state index contributed by atoms with van der Waals surface area (Å²) in [5.41, 5.74) is 1.76. The van der Waals surface area contributed by atoms with Gasteiger partial charge in [0.05, 0.1) is 9.85 Å². The second kappa shape index (κ2) is 9.67. The Morgan fingerprint density at radius 1 is 0.645 bits per heavy atom. The van der Waals surface area contributed by atoms with E-state index in [0.29, 0.717) is 12.8 Å². The lowest BCUT2D eigenvalue weighted by atomic mass is 10.1. The van der Waals surface area contributed by atoms with Gasteiger partial charge >= 0.3 is 21.2 Å². The van der Waals surface area contributed by atoms with E-state index in [1.54, 1.807) is 59.1 Å². The molecule has 0 fully saturated rings. The first-order valence-electron chi connectivity index (χ1n) is 9.26. The fourth-order valence-corrected chi connectivity index (χ4v) is 9.76. The molecule has 9 heteroatoms. The van der Waals surface area contributed by atoms with Crippen molar-refractivity contribution < 1.29 is 31.1 Å². The van der Waals surface area contributed by atoms with Gasteiger partial charge in [-0.2, -0.15) is 0 Å². The van der Waals surface area contributed by atoms with Gasteiger partial charge in [0.1, 0.15) is 0 Å². The minimum absolute atomic E-state index is 0.157. The van der Waals surface area contributed by atoms with Crippen molar-refractivity contribution in [3.8, 4) is 0 Å². The fourth-order valence-electron chi connectivity index (χ4n) is 3.14. The van der Waals surface area contributed by atoms with E-state index in [1.165, 1.54) is 5.77 Å². The Kier molecular flexibility index (Phi) is 6.73. The van der Waals surface area contributed by atoms with Crippen LogP contribution in [0, 0.1) is 26.0 Å². The summed E-state index contributed by atoms with van der Waals surface area (Å²) in [7, 11) is 0. The molecule has 31 heavy (non-hydrogen) atoms. The lowest BCUT2D eigenvalue weighted by Crippen LogP contribution is -3.61. The van der Waals surface area contributed by atoms with Crippen LogP contribution in [0.15, 0.2) is 72.8 Å². The number of rotatable bonds is 8. The van der Waals surface area contributed by atoms with Crippen molar-refractivity contribution in [3.63, 3.8) is 0 Å². The summed E-state index contributed by atoms with van der Waals surface area (Å²) in [5.74, 6) is 0. The Hall–Kier alpha value is -2.63. The molecule has 0 saturated heterocycles. The van der Waals surface area contributed by atoms with Crippen LogP contribution in [0.3, 0.4) is 0 Å². The highest BCUT2D eigenvalue weighted by molar-refractivity contribution is 7.10. The monoisotopic (exact) mass is 563 g/mol. The quantitative estimate of drug-likeness (QED) is 0.188. The molecule has 0 bridgehead atoms. The van der Waals surface area contributed by atoms with E-state index < -0.39 is 0 Å². The second-order valence-electron chi connectivity index (χ2n) is 6.63. The predicted molar refractivity (Wildman–Crippen MR) is 118 cm³/mol. The van der Waals surface area contributed by atoms with E-state index in [4.69, 9.17) is 0 Å². The number of nitro benzene ring substituents is 2. The topological polar surface area (TPSA) is 86.3 Å². The van der Waals surface area contributed by atoms with Crippen LogP contribution < -0.4 is 21.2 Å². The SMILES string of the molecule is O=[N+]([O-])c1ccccc1Cc1ccc([I+]c2ccc(Cc3ccccc3[N+](=O)[O-])s2)s1. The van der Waals surface area contributed by atoms with Gasteiger partial charge in [-0.05, 0) is 12.1 Å². The van der Waals surface area contributed by atoms with Gasteiger partial charge in [-0.15, -0.1) is 0 Å². The lowest BCUT2D eigenvalue weighted by molar-refractivity contribution is -0.585. The van der Waals surface area contributed by atoms with Gasteiger partial charge in [0.2, 0.25) is 5.77 Å². The molecule has 0 aliphatic rings. The Morgan fingerprint density at radius 2 is 1.06 bits per heavy atom. The molecule has 0 atom stereocenters. The molecule has 2 aromatic carbocycles. The largest absolute Gasteiger partial charge is 0.381 e. The highest BCUT2D eigenvalue weighted by Gasteiger charge is 2.23. The Labute approximate surface area is 196 Å². The Bertz CT molecular complexity index is 1160. The first kappa shape index (κ1) is 21.6. The van der Waals surface area contributed by atoms with Gasteiger partial charge < -0.3 is 0 Å². The molecule has 6 nitrogen and oxygen atoms in total. The molecule has 0 radical (unpaired) electrons. The van der Waals surface area contributed by atoms with Crippen LogP contribution in [0.25, 0.3) is 0 Å². The molecule has 0 spiro atoms. The van der Waals surface area contributed by atoms with Gasteiger partial charge in [-0.25, -0.2) is 0 Å². The van der Waals surface area contributed by atoms with E-state index in [-0.39, 0.29) is 42.4 Å². The highest BCUT2D eigenvalue weighted by Crippen LogP contribution is 2.24. The maximum Gasteiger partial charge on any atom is 0.381 e. The zero-order valence-corrected chi connectivity index (χ0v) is 19.9. The van der Waals surface area contributed by atoms with Crippen LogP contribution in [-0.4, -0.2) is 9.85 Å². The molecular weight excluding hydrogens is 547 g/mol. The van der Waals surface area contributed by atoms with Crippen molar-refractivity contribution in [1.29, 1.82) is 0 Å². The van der Waals surface area contributed by atoms with E-state index in [2.05, 4.69) is 24.3 Å². The summed E-state index contributed by atoms with van der Waals surface area (Å²) >= 11 is 3.06. The average Bonchev–Trinajstić information content (AvgIpc) is 3.38. The van der Waals surface area contributed by atoms with Crippen LogP contribution >= 0.6 is 22.7 Å². The summed E-state index contributed by atoms with van der Waals surface area (Å²) in [5, 5.41) is 22.5. The van der Waals surface area contributed by atoms with Crippen molar-refractivity contribution in [3.05, 3.63) is 120 Å². The van der Waals surface area contributed by atoms with Crippen LogP contribution in [-0.2, 0) is 12.8 Å². The number of para-hydroxylation sites is 2. The van der Waals surface area contributed by atoms with Crippen molar-refractivity contribution in [1.82, 2.24) is 0 Å². The third-order valence-electron chi connectivity index (χ3n) is 4.55. The van der Waals surface area contributed by atoms with Crippen molar-refractivity contribution in [2.75, 3.05) is 0 Å². The molecule has 0 amide bonds. The second-order valence-corrected chi connectivity index (χ2v) is 13.3. The number of benzene rings is 2. The van der Waals surface area contributed by atoms with Gasteiger partial charge in [0.25, 0.3) is 11.4 Å². The van der Waals surface area contributed by atoms with Gasteiger partial charge in [0, 0.05) is 58.0 Å². The predicted octanol–water partition coefficient (Wildman–Crippen LogP) is 2.94. The minimum Gasteiger partial charge on any atom is -0.258 e. The number of nitrogens with zero attached hydrogens (tertiary/aromatic N) is 2. The smallest absolute Gasteiger partial charge is 0.258 e. The third kappa shape index (κ3) is 5.35. The normalized spacial score (nSPS) is 10.8. The Balaban J connectivity index is 1.44. The van der Waals surface area contributed by atoms with Gasteiger partial charge in [-0.1, -0.05) is 59.1 Å². The first-order valence-corrected chi connectivity index (χ1v) is 13.1. The molecular formula is C22H16IN2O4S2+. The van der Waals surface area contributed by atoms with Crippen molar-refractivity contribution in [2.45, 2.75) is 12.8 Å². The number of hydrogen-bond acceptors (Lipinski definition) is 6. The molecule has 0 aliphatic heterocycles. The highest BCUT2D eigenvalue weighted by atomic mass is 127. The van der Waals surface area contributed by atoms with E-state index in [1.807, 2.05) is 12.1 Å². The van der Waals surface area contributed by atoms with Crippen molar-refractivity contribution in [2.24, 2.45) is 0 Å². The average molecular weight is 563 g/mol. The molecule has 4 rings (SSSR count). The molecule has 0 N–H and O–H groups in total. The number of thiophene rings is 2. The standard InChI is InChI=1S/C22H16IN2O4S2/c26-24(27)19-7-3-1-5-15(19)13-17-9-11-21(30-17)23-22-12-10-18(31-22)14-16-6-2-4-8-20(16)25(28)29/h1-12H,13-14H2/q+1. The van der Waals surface area contributed by atoms with E-state index >= 15 is 0 Å². The minimum atomic E-state index is -0.354. The van der Waals surface area contributed by atoms with Crippen LogP contribution in [0.5, 0.6) is 0 Å². The first-order chi connectivity index (χ1) is 15.0.